The second-order valence-corrected chi connectivity index (χ2v) is 8.05. The number of halogens is 1. The first-order valence-electron chi connectivity index (χ1n) is 9.85. The molecule has 1 N–H and O–H groups in total. The summed E-state index contributed by atoms with van der Waals surface area (Å²) in [5, 5.41) is 10.7. The molecular formula is C21H32FNO3. The van der Waals surface area contributed by atoms with Gasteiger partial charge in [-0.3, -0.25) is 9.29 Å². The van der Waals surface area contributed by atoms with Crippen molar-refractivity contribution in [1.82, 2.24) is 4.90 Å². The smallest absolute Gasteiger partial charge is 0.161 e. The van der Waals surface area contributed by atoms with E-state index in [1.54, 1.807) is 7.11 Å². The van der Waals surface area contributed by atoms with Crippen molar-refractivity contribution in [3.05, 3.63) is 23.3 Å². The van der Waals surface area contributed by atoms with Gasteiger partial charge >= 0.3 is 0 Å². The Kier molecular flexibility index (Phi) is 6.41. The molecule has 146 valence electrons. The summed E-state index contributed by atoms with van der Waals surface area (Å²) in [6.07, 6.45) is 2.95. The predicted molar refractivity (Wildman–Crippen MR) is 101 cm³/mol. The number of hydrogen-bond acceptors (Lipinski definition) is 4. The summed E-state index contributed by atoms with van der Waals surface area (Å²) in [4.78, 5) is 2.52. The van der Waals surface area contributed by atoms with Crippen LogP contribution >= 0.6 is 0 Å². The van der Waals surface area contributed by atoms with Crippen molar-refractivity contribution in [3.8, 4) is 11.5 Å². The zero-order valence-corrected chi connectivity index (χ0v) is 16.2. The van der Waals surface area contributed by atoms with Crippen molar-refractivity contribution >= 4 is 0 Å². The number of alkyl halides is 1. The molecule has 0 aliphatic carbocycles. The van der Waals surface area contributed by atoms with Crippen molar-refractivity contribution in [3.63, 3.8) is 0 Å². The van der Waals surface area contributed by atoms with Gasteiger partial charge in [0.2, 0.25) is 0 Å². The van der Waals surface area contributed by atoms with Gasteiger partial charge in [0.25, 0.3) is 0 Å². The van der Waals surface area contributed by atoms with E-state index in [2.05, 4.69) is 30.9 Å². The third-order valence-electron chi connectivity index (χ3n) is 5.68. The molecule has 1 aromatic rings. The first kappa shape index (κ1) is 19.4. The Bertz CT molecular complexity index is 607. The van der Waals surface area contributed by atoms with Gasteiger partial charge in [0.15, 0.2) is 11.5 Å². The van der Waals surface area contributed by atoms with Crippen molar-refractivity contribution in [2.24, 2.45) is 11.8 Å². The molecule has 1 fully saturated rings. The van der Waals surface area contributed by atoms with E-state index < -0.39 is 0 Å². The molecule has 0 saturated carbocycles. The summed E-state index contributed by atoms with van der Waals surface area (Å²) < 4.78 is 23.6. The molecule has 0 aromatic heterocycles. The molecule has 5 heteroatoms. The number of aliphatic hydroxyl groups excluding tert-OH is 1. The lowest BCUT2D eigenvalue weighted by Gasteiger charge is -2.46. The summed E-state index contributed by atoms with van der Waals surface area (Å²) in [6.45, 7) is 6.39. The third-order valence-corrected chi connectivity index (χ3v) is 5.68. The van der Waals surface area contributed by atoms with Crippen LogP contribution in [0.1, 0.15) is 50.3 Å². The monoisotopic (exact) mass is 364 g/mol. The van der Waals surface area contributed by atoms with E-state index >= 15 is 0 Å². The second kappa shape index (κ2) is 8.57. The lowest BCUT2D eigenvalue weighted by Crippen LogP contribution is -2.48. The van der Waals surface area contributed by atoms with Gasteiger partial charge in [-0.05, 0) is 54.4 Å². The Balaban J connectivity index is 1.80. The second-order valence-electron chi connectivity index (χ2n) is 8.05. The maximum absolute atomic E-state index is 12.3. The fourth-order valence-corrected chi connectivity index (χ4v) is 4.45. The van der Waals surface area contributed by atoms with Crippen LogP contribution in [0.3, 0.4) is 0 Å². The Morgan fingerprint density at radius 3 is 2.81 bits per heavy atom. The summed E-state index contributed by atoms with van der Waals surface area (Å²) in [6, 6.07) is 4.36. The molecule has 0 amide bonds. The molecule has 26 heavy (non-hydrogen) atoms. The minimum atomic E-state index is -0.375. The standard InChI is InChI=1S/C21H32FNO3/c1-14(2)9-16-13-23-7-5-15-10-21(26-8-4-6-22)20(25-3)11-17(15)18(23)12-19(16)24/h10-11,14,16,18-19,24H,4-9,12-13H2,1-3H3/t16?,18-,19?/m0/s1/i22-1. The Morgan fingerprint density at radius 1 is 1.31 bits per heavy atom. The summed E-state index contributed by atoms with van der Waals surface area (Å²) >= 11 is 0. The maximum Gasteiger partial charge on any atom is 0.161 e. The maximum atomic E-state index is 12.3. The largest absolute Gasteiger partial charge is 0.493 e. The average molecular weight is 364 g/mol. The van der Waals surface area contributed by atoms with Gasteiger partial charge in [-0.1, -0.05) is 13.8 Å². The van der Waals surface area contributed by atoms with Crippen LogP contribution in [0, 0.1) is 11.8 Å². The van der Waals surface area contributed by atoms with Gasteiger partial charge in [0.1, 0.15) is 0 Å². The number of methoxy groups -OCH3 is 1. The lowest BCUT2D eigenvalue weighted by atomic mass is 9.79. The van der Waals surface area contributed by atoms with Crippen LogP contribution < -0.4 is 9.47 Å². The highest BCUT2D eigenvalue weighted by molar-refractivity contribution is 5.49. The first-order chi connectivity index (χ1) is 12.5. The average Bonchev–Trinajstić information content (AvgIpc) is 2.61. The van der Waals surface area contributed by atoms with E-state index in [4.69, 9.17) is 9.47 Å². The number of ether oxygens (including phenoxy) is 2. The minimum absolute atomic E-state index is 0.242. The Hall–Kier alpha value is -1.33. The number of rotatable bonds is 7. The molecule has 0 spiro atoms. The van der Waals surface area contributed by atoms with E-state index in [0.717, 1.165) is 32.4 Å². The highest BCUT2D eigenvalue weighted by Crippen LogP contribution is 2.43. The predicted octanol–water partition coefficient (Wildman–Crippen LogP) is 3.76. The van der Waals surface area contributed by atoms with Gasteiger partial charge in [-0.2, -0.15) is 0 Å². The van der Waals surface area contributed by atoms with E-state index in [1.165, 1.54) is 11.1 Å². The summed E-state index contributed by atoms with van der Waals surface area (Å²) in [7, 11) is 1.64. The molecule has 2 heterocycles. The summed E-state index contributed by atoms with van der Waals surface area (Å²) in [5.74, 6) is 2.36. The van der Waals surface area contributed by atoms with Gasteiger partial charge in [-0.25, -0.2) is 0 Å². The van der Waals surface area contributed by atoms with Crippen LogP contribution in [0.5, 0.6) is 11.5 Å². The van der Waals surface area contributed by atoms with Crippen LogP contribution in [0.4, 0.5) is 4.39 Å². The molecule has 2 aliphatic heterocycles. The van der Waals surface area contributed by atoms with Crippen LogP contribution in [0.15, 0.2) is 12.1 Å². The zero-order chi connectivity index (χ0) is 18.7. The number of hydrogen-bond donors (Lipinski definition) is 1. The van der Waals surface area contributed by atoms with Crippen LogP contribution in [-0.4, -0.2) is 49.6 Å². The van der Waals surface area contributed by atoms with E-state index in [0.29, 0.717) is 36.4 Å². The van der Waals surface area contributed by atoms with Crippen molar-refractivity contribution in [1.29, 1.82) is 0 Å². The Morgan fingerprint density at radius 2 is 2.12 bits per heavy atom. The Labute approximate surface area is 156 Å². The normalized spacial score (nSPS) is 25.7. The first-order valence-corrected chi connectivity index (χ1v) is 9.85. The molecule has 3 rings (SSSR count). The fourth-order valence-electron chi connectivity index (χ4n) is 4.45. The molecule has 0 radical (unpaired) electrons. The van der Waals surface area contributed by atoms with Gasteiger partial charge in [-0.15, -0.1) is 0 Å². The van der Waals surface area contributed by atoms with Crippen molar-refractivity contribution < 1.29 is 19.0 Å². The highest BCUT2D eigenvalue weighted by Gasteiger charge is 2.38. The quantitative estimate of drug-likeness (QED) is 0.748. The number of aliphatic hydroxyl groups is 1. The van der Waals surface area contributed by atoms with Gasteiger partial charge < -0.3 is 14.6 Å². The molecular weight excluding hydrogens is 332 g/mol. The van der Waals surface area contributed by atoms with Crippen molar-refractivity contribution in [2.45, 2.75) is 51.7 Å². The number of nitrogens with zero attached hydrogens (tertiary/aromatic N) is 1. The molecule has 3 atom stereocenters. The molecule has 0 bridgehead atoms. The highest BCUT2D eigenvalue weighted by atomic mass is 18.2. The van der Waals surface area contributed by atoms with Crippen LogP contribution in [0.25, 0.3) is 0 Å². The SMILES string of the molecule is COc1cc2c(cc1OCCC[18F])CCN1CC(CC(C)C)C(O)C[C@@H]21. The van der Waals surface area contributed by atoms with Crippen molar-refractivity contribution in [2.75, 3.05) is 33.5 Å². The molecule has 2 aliphatic rings. The third kappa shape index (κ3) is 4.15. The van der Waals surface area contributed by atoms with Crippen LogP contribution in [0.2, 0.25) is 0 Å². The molecule has 1 aromatic carbocycles. The fraction of sp³-hybridized carbons (Fsp3) is 0.714. The molecule has 4 nitrogen and oxygen atoms in total. The topological polar surface area (TPSA) is 41.9 Å². The minimum Gasteiger partial charge on any atom is -0.493 e. The van der Waals surface area contributed by atoms with Gasteiger partial charge in [0.05, 0.1) is 26.5 Å². The number of benzene rings is 1. The van der Waals surface area contributed by atoms with Crippen LogP contribution in [-0.2, 0) is 6.42 Å². The zero-order valence-electron chi connectivity index (χ0n) is 16.2. The summed E-state index contributed by atoms with van der Waals surface area (Å²) in [5.41, 5.74) is 2.50. The van der Waals surface area contributed by atoms with E-state index in [9.17, 15) is 9.50 Å². The number of piperidine rings is 1. The lowest BCUT2D eigenvalue weighted by molar-refractivity contribution is -0.0191. The molecule has 2 unspecified atom stereocenters. The molecule has 1 saturated heterocycles. The van der Waals surface area contributed by atoms with E-state index in [1.807, 2.05) is 0 Å². The van der Waals surface area contributed by atoms with E-state index in [-0.39, 0.29) is 18.8 Å². The number of fused-ring (bicyclic) bond motifs is 3. The van der Waals surface area contributed by atoms with Gasteiger partial charge in [0, 0.05) is 25.6 Å².